The first kappa shape index (κ1) is 7.39. The third-order valence-electron chi connectivity index (χ3n) is 0.944. The molecule has 5 nitrogen and oxygen atoms in total. The smallest absolute Gasteiger partial charge is 0.213 e. The van der Waals surface area contributed by atoms with Gasteiger partial charge in [0.15, 0.2) is 16.9 Å². The zero-order valence-corrected chi connectivity index (χ0v) is 5.71. The van der Waals surface area contributed by atoms with Gasteiger partial charge in [0, 0.05) is 12.4 Å². The van der Waals surface area contributed by atoms with Crippen molar-refractivity contribution in [3.8, 4) is 0 Å². The molecular weight excluding hydrogens is 156 g/mol. The fourth-order valence-electron chi connectivity index (χ4n) is 0.508. The second kappa shape index (κ2) is 2.91. The van der Waals surface area contributed by atoms with Gasteiger partial charge in [0.05, 0.1) is 0 Å². The first-order chi connectivity index (χ1) is 4.72. The van der Waals surface area contributed by atoms with Crippen molar-refractivity contribution in [1.82, 2.24) is 9.97 Å². The predicted molar refractivity (Wildman–Crippen MR) is 34.3 cm³/mol. The highest BCUT2D eigenvalue weighted by Gasteiger charge is 2.14. The van der Waals surface area contributed by atoms with Crippen LogP contribution in [0.5, 0.6) is 0 Å². The summed E-state index contributed by atoms with van der Waals surface area (Å²) in [5.41, 5.74) is -1.44. The summed E-state index contributed by atoms with van der Waals surface area (Å²) < 4.78 is 18.6. The number of H-pyrrole nitrogens is 1. The van der Waals surface area contributed by atoms with Crippen molar-refractivity contribution in [3.05, 3.63) is 18.2 Å². The van der Waals surface area contributed by atoms with Crippen LogP contribution in [0, 0.1) is 0 Å². The number of aromatic amines is 1. The van der Waals surface area contributed by atoms with Crippen LogP contribution in [0.1, 0.15) is 11.3 Å². The number of rotatable bonds is 2. The van der Waals surface area contributed by atoms with Gasteiger partial charge in [-0.2, -0.15) is 0 Å². The Balaban J connectivity index is 2.77. The number of aliphatic hydroxyl groups is 1. The largest absolute Gasteiger partial charge is 0.371 e. The number of nitrogens with one attached hydrogen (secondary N) is 1. The van der Waals surface area contributed by atoms with E-state index in [4.69, 9.17) is 9.66 Å². The van der Waals surface area contributed by atoms with Gasteiger partial charge in [0.1, 0.15) is 0 Å². The molecule has 0 fully saturated rings. The van der Waals surface area contributed by atoms with Crippen molar-refractivity contribution in [2.45, 2.75) is 5.44 Å². The van der Waals surface area contributed by atoms with Crippen LogP contribution in [-0.2, 0) is 11.1 Å². The molecule has 0 radical (unpaired) electrons. The van der Waals surface area contributed by atoms with Gasteiger partial charge in [0.25, 0.3) is 0 Å². The van der Waals surface area contributed by atoms with Crippen molar-refractivity contribution in [2.75, 3.05) is 0 Å². The summed E-state index contributed by atoms with van der Waals surface area (Å²) in [6.45, 7) is 0. The van der Waals surface area contributed by atoms with Crippen LogP contribution in [0.3, 0.4) is 0 Å². The molecule has 0 saturated carbocycles. The first-order valence-corrected chi connectivity index (χ1v) is 3.66. The van der Waals surface area contributed by atoms with E-state index in [1.807, 2.05) is 0 Å². The molecule has 0 bridgehead atoms. The molecule has 6 heteroatoms. The standard InChI is InChI=1S/C4H6N2O3S/c7-4(10(8)9)3-5-1-2-6-3/h1-2,4,7H,(H,5,6)(H,8,9). The van der Waals surface area contributed by atoms with Gasteiger partial charge in [0.2, 0.25) is 5.44 Å². The molecule has 2 atom stereocenters. The molecule has 1 aromatic heterocycles. The quantitative estimate of drug-likeness (QED) is 0.517. The van der Waals surface area contributed by atoms with Crippen LogP contribution in [0.4, 0.5) is 0 Å². The SMILES string of the molecule is O=S(O)C(O)c1ncc[nH]1. The van der Waals surface area contributed by atoms with Crippen LogP contribution in [0.25, 0.3) is 0 Å². The van der Waals surface area contributed by atoms with E-state index in [1.165, 1.54) is 12.4 Å². The highest BCUT2D eigenvalue weighted by atomic mass is 32.2. The van der Waals surface area contributed by atoms with Crippen molar-refractivity contribution < 1.29 is 13.9 Å². The Hall–Kier alpha value is -0.720. The van der Waals surface area contributed by atoms with Crippen molar-refractivity contribution in [3.63, 3.8) is 0 Å². The van der Waals surface area contributed by atoms with Gasteiger partial charge < -0.3 is 14.6 Å². The maximum absolute atomic E-state index is 10.2. The van der Waals surface area contributed by atoms with E-state index in [0.29, 0.717) is 0 Å². The monoisotopic (exact) mass is 162 g/mol. The Labute approximate surface area is 59.4 Å². The van der Waals surface area contributed by atoms with Gasteiger partial charge in [-0.15, -0.1) is 0 Å². The van der Waals surface area contributed by atoms with Crippen molar-refractivity contribution in [1.29, 1.82) is 0 Å². The lowest BCUT2D eigenvalue weighted by molar-refractivity contribution is 0.242. The van der Waals surface area contributed by atoms with E-state index in [0.717, 1.165) is 0 Å². The summed E-state index contributed by atoms with van der Waals surface area (Å²) in [7, 11) is 0. The molecule has 0 aliphatic heterocycles. The molecule has 3 N–H and O–H groups in total. The summed E-state index contributed by atoms with van der Waals surface area (Å²) in [5, 5.41) is 8.84. The molecule has 2 unspecified atom stereocenters. The van der Waals surface area contributed by atoms with Crippen LogP contribution < -0.4 is 0 Å². The fourth-order valence-corrected chi connectivity index (χ4v) is 0.828. The number of nitrogens with zero attached hydrogens (tertiary/aromatic N) is 1. The summed E-state index contributed by atoms with van der Waals surface area (Å²) in [6, 6.07) is 0. The number of hydrogen-bond donors (Lipinski definition) is 3. The third kappa shape index (κ3) is 1.41. The zero-order chi connectivity index (χ0) is 7.56. The molecule has 0 saturated heterocycles. The van der Waals surface area contributed by atoms with Crippen molar-refractivity contribution in [2.24, 2.45) is 0 Å². The Morgan fingerprint density at radius 2 is 2.50 bits per heavy atom. The Morgan fingerprint density at radius 1 is 1.80 bits per heavy atom. The maximum Gasteiger partial charge on any atom is 0.213 e. The van der Waals surface area contributed by atoms with E-state index < -0.39 is 16.5 Å². The molecule has 10 heavy (non-hydrogen) atoms. The van der Waals surface area contributed by atoms with Gasteiger partial charge in [-0.05, 0) is 0 Å². The van der Waals surface area contributed by atoms with E-state index in [-0.39, 0.29) is 5.82 Å². The number of aromatic nitrogens is 2. The molecule has 1 heterocycles. The molecule has 0 amide bonds. The average molecular weight is 162 g/mol. The maximum atomic E-state index is 10.2. The Kier molecular flexibility index (Phi) is 2.15. The zero-order valence-electron chi connectivity index (χ0n) is 4.89. The van der Waals surface area contributed by atoms with Crippen LogP contribution >= 0.6 is 0 Å². The van der Waals surface area contributed by atoms with E-state index >= 15 is 0 Å². The van der Waals surface area contributed by atoms with Gasteiger partial charge in [-0.1, -0.05) is 0 Å². The van der Waals surface area contributed by atoms with Gasteiger partial charge in [-0.3, -0.25) is 0 Å². The topological polar surface area (TPSA) is 86.2 Å². The molecule has 1 rings (SSSR count). The lowest BCUT2D eigenvalue weighted by Crippen LogP contribution is -2.05. The molecule has 0 spiro atoms. The number of imidazole rings is 1. The number of hydrogen-bond acceptors (Lipinski definition) is 3. The highest BCUT2D eigenvalue weighted by molar-refractivity contribution is 7.79. The highest BCUT2D eigenvalue weighted by Crippen LogP contribution is 2.08. The molecule has 0 aromatic carbocycles. The average Bonchev–Trinajstić information content (AvgIpc) is 2.36. The fraction of sp³-hybridized carbons (Fsp3) is 0.250. The minimum absolute atomic E-state index is 0.0980. The summed E-state index contributed by atoms with van der Waals surface area (Å²) in [5.74, 6) is 0.0980. The van der Waals surface area contributed by atoms with Crippen LogP contribution in [0.2, 0.25) is 0 Å². The van der Waals surface area contributed by atoms with Crippen molar-refractivity contribution >= 4 is 11.1 Å². The second-order valence-electron chi connectivity index (χ2n) is 1.60. The summed E-state index contributed by atoms with van der Waals surface area (Å²) in [4.78, 5) is 6.08. The van der Waals surface area contributed by atoms with E-state index in [1.54, 1.807) is 0 Å². The lowest BCUT2D eigenvalue weighted by atomic mass is 10.7. The predicted octanol–water partition coefficient (Wildman–Crippen LogP) is -0.378. The lowest BCUT2D eigenvalue weighted by Gasteiger charge is -1.99. The summed E-state index contributed by atoms with van der Waals surface area (Å²) in [6.07, 6.45) is 2.86. The van der Waals surface area contributed by atoms with Crippen LogP contribution in [0.15, 0.2) is 12.4 Å². The number of aliphatic hydroxyl groups excluding tert-OH is 1. The van der Waals surface area contributed by atoms with Crippen LogP contribution in [-0.4, -0.2) is 23.8 Å². The normalized spacial score (nSPS) is 16.6. The molecule has 0 aliphatic rings. The minimum Gasteiger partial charge on any atom is -0.371 e. The Morgan fingerprint density at radius 3 is 2.90 bits per heavy atom. The van der Waals surface area contributed by atoms with E-state index in [2.05, 4.69) is 9.97 Å². The minimum atomic E-state index is -2.28. The summed E-state index contributed by atoms with van der Waals surface area (Å²) >= 11 is -2.28. The second-order valence-corrected chi connectivity index (χ2v) is 2.60. The third-order valence-corrected chi connectivity index (χ3v) is 1.55. The van der Waals surface area contributed by atoms with E-state index in [9.17, 15) is 4.21 Å². The molecular formula is C4H6N2O3S. The Bertz CT molecular complexity index is 222. The first-order valence-electron chi connectivity index (χ1n) is 2.49. The van der Waals surface area contributed by atoms with Gasteiger partial charge in [-0.25, -0.2) is 9.19 Å². The molecule has 1 aromatic rings. The van der Waals surface area contributed by atoms with Gasteiger partial charge >= 0.3 is 0 Å². The molecule has 56 valence electrons. The molecule has 0 aliphatic carbocycles.